The van der Waals surface area contributed by atoms with E-state index in [0.29, 0.717) is 11.4 Å². The van der Waals surface area contributed by atoms with E-state index in [2.05, 4.69) is 4.98 Å². The van der Waals surface area contributed by atoms with Crippen LogP contribution < -0.4 is 5.73 Å². The van der Waals surface area contributed by atoms with Gasteiger partial charge in [-0.15, -0.1) is 0 Å². The fourth-order valence-corrected chi connectivity index (χ4v) is 0.958. The highest BCUT2D eigenvalue weighted by Crippen LogP contribution is 2.20. The topological polar surface area (TPSA) is 68.4 Å². The minimum absolute atomic E-state index is 0.400. The fraction of sp³-hybridized carbons (Fsp3) is 0.500. The number of rotatable bonds is 2. The Hall–Kier alpha value is -1.13. The van der Waals surface area contributed by atoms with Crippen LogP contribution in [0.15, 0.2) is 18.3 Å². The van der Waals surface area contributed by atoms with Gasteiger partial charge in [0.2, 0.25) is 0 Å². The van der Waals surface area contributed by atoms with Crippen LogP contribution in [0.1, 0.15) is 32.8 Å². The van der Waals surface area contributed by atoms with Crippen LogP contribution in [0.2, 0.25) is 0 Å². The van der Waals surface area contributed by atoms with Gasteiger partial charge in [0, 0.05) is 0 Å². The number of pyridine rings is 1. The van der Waals surface area contributed by atoms with Gasteiger partial charge in [-0.05, 0) is 32.9 Å². The van der Waals surface area contributed by atoms with Crippen molar-refractivity contribution >= 4 is 5.69 Å². The largest absolute Gasteiger partial charge is 0.397 e. The SMILES string of the molecule is CC(C)(C)OC(O)c1ccc(N)cn1. The maximum absolute atomic E-state index is 9.62. The van der Waals surface area contributed by atoms with Crippen molar-refractivity contribution in [2.24, 2.45) is 0 Å². The van der Waals surface area contributed by atoms with Gasteiger partial charge in [-0.2, -0.15) is 0 Å². The summed E-state index contributed by atoms with van der Waals surface area (Å²) in [6.07, 6.45) is 0.487. The van der Waals surface area contributed by atoms with Crippen LogP contribution in [0, 0.1) is 0 Å². The van der Waals surface area contributed by atoms with Crippen LogP contribution in [0.4, 0.5) is 5.69 Å². The number of aliphatic hydroxyl groups excluding tert-OH is 1. The Bertz CT molecular complexity index is 290. The van der Waals surface area contributed by atoms with Gasteiger partial charge in [0.25, 0.3) is 0 Å². The second-order valence-electron chi connectivity index (χ2n) is 4.10. The van der Waals surface area contributed by atoms with Crippen molar-refractivity contribution < 1.29 is 9.84 Å². The zero-order valence-corrected chi connectivity index (χ0v) is 8.69. The third-order valence-corrected chi connectivity index (χ3v) is 1.53. The second-order valence-corrected chi connectivity index (χ2v) is 4.10. The fourth-order valence-electron chi connectivity index (χ4n) is 0.958. The van der Waals surface area contributed by atoms with Crippen LogP contribution in [0.5, 0.6) is 0 Å². The van der Waals surface area contributed by atoms with Crippen molar-refractivity contribution in [3.63, 3.8) is 0 Å². The van der Waals surface area contributed by atoms with E-state index < -0.39 is 11.9 Å². The molecule has 1 unspecified atom stereocenters. The zero-order chi connectivity index (χ0) is 10.8. The van der Waals surface area contributed by atoms with Crippen LogP contribution >= 0.6 is 0 Å². The first-order valence-corrected chi connectivity index (χ1v) is 4.46. The molecule has 1 atom stereocenters. The Morgan fingerprint density at radius 2 is 2.07 bits per heavy atom. The van der Waals surface area contributed by atoms with Crippen LogP contribution in [-0.2, 0) is 4.74 Å². The molecule has 0 radical (unpaired) electrons. The Morgan fingerprint density at radius 3 is 2.50 bits per heavy atom. The normalized spacial score (nSPS) is 14.0. The maximum atomic E-state index is 9.62. The molecule has 1 heterocycles. The molecule has 1 rings (SSSR count). The average molecular weight is 196 g/mol. The molecule has 0 fully saturated rings. The zero-order valence-electron chi connectivity index (χ0n) is 8.69. The molecule has 4 heteroatoms. The molecule has 0 aromatic carbocycles. The number of hydrogen-bond donors (Lipinski definition) is 2. The quantitative estimate of drug-likeness (QED) is 0.703. The van der Waals surface area contributed by atoms with Gasteiger partial charge in [-0.1, -0.05) is 0 Å². The molecule has 0 saturated carbocycles. The smallest absolute Gasteiger partial charge is 0.199 e. The van der Waals surface area contributed by atoms with E-state index in [0.717, 1.165) is 0 Å². The van der Waals surface area contributed by atoms with Gasteiger partial charge in [-0.25, -0.2) is 0 Å². The van der Waals surface area contributed by atoms with Crippen LogP contribution in [0.3, 0.4) is 0 Å². The molecule has 0 aliphatic rings. The summed E-state index contributed by atoms with van der Waals surface area (Å²) in [5.74, 6) is 0. The first kappa shape index (κ1) is 10.9. The summed E-state index contributed by atoms with van der Waals surface area (Å²) in [5.41, 5.74) is 6.10. The lowest BCUT2D eigenvalue weighted by Gasteiger charge is -2.23. The number of anilines is 1. The van der Waals surface area contributed by atoms with Crippen molar-refractivity contribution in [1.29, 1.82) is 0 Å². The van der Waals surface area contributed by atoms with Gasteiger partial charge in [0.05, 0.1) is 23.2 Å². The van der Waals surface area contributed by atoms with E-state index in [1.165, 1.54) is 6.20 Å². The Kier molecular flexibility index (Phi) is 3.08. The van der Waals surface area contributed by atoms with Crippen molar-refractivity contribution in [3.8, 4) is 0 Å². The molecule has 0 aliphatic carbocycles. The molecule has 0 spiro atoms. The van der Waals surface area contributed by atoms with Crippen molar-refractivity contribution in [2.45, 2.75) is 32.7 Å². The van der Waals surface area contributed by atoms with Crippen molar-refractivity contribution in [1.82, 2.24) is 4.98 Å². The number of ether oxygens (including phenoxy) is 1. The standard InChI is InChI=1S/C10H16N2O2/c1-10(2,3)14-9(13)8-5-4-7(11)6-12-8/h4-6,9,13H,11H2,1-3H3. The summed E-state index contributed by atoms with van der Waals surface area (Å²) in [5, 5.41) is 9.62. The molecular weight excluding hydrogens is 180 g/mol. The molecule has 1 aromatic rings. The monoisotopic (exact) mass is 196 g/mol. The lowest BCUT2D eigenvalue weighted by atomic mass is 10.2. The number of nitrogen functional groups attached to an aromatic ring is 1. The highest BCUT2D eigenvalue weighted by atomic mass is 16.6. The summed E-state index contributed by atoms with van der Waals surface area (Å²) in [7, 11) is 0. The molecule has 78 valence electrons. The van der Waals surface area contributed by atoms with E-state index >= 15 is 0 Å². The van der Waals surface area contributed by atoms with Gasteiger partial charge in [0.15, 0.2) is 6.29 Å². The van der Waals surface area contributed by atoms with Gasteiger partial charge >= 0.3 is 0 Å². The van der Waals surface area contributed by atoms with Gasteiger partial charge in [0.1, 0.15) is 0 Å². The lowest BCUT2D eigenvalue weighted by molar-refractivity contribution is -0.171. The number of nitrogens with zero attached hydrogens (tertiary/aromatic N) is 1. The van der Waals surface area contributed by atoms with E-state index in [4.69, 9.17) is 10.5 Å². The van der Waals surface area contributed by atoms with Crippen molar-refractivity contribution in [3.05, 3.63) is 24.0 Å². The average Bonchev–Trinajstić information content (AvgIpc) is 2.02. The highest BCUT2D eigenvalue weighted by molar-refractivity contribution is 5.34. The molecule has 4 nitrogen and oxygen atoms in total. The summed E-state index contributed by atoms with van der Waals surface area (Å²) < 4.78 is 5.32. The first-order valence-electron chi connectivity index (χ1n) is 4.46. The molecular formula is C10H16N2O2. The van der Waals surface area contributed by atoms with Crippen LogP contribution in [0.25, 0.3) is 0 Å². The summed E-state index contributed by atoms with van der Waals surface area (Å²) >= 11 is 0. The number of aliphatic hydroxyl groups is 1. The van der Waals surface area contributed by atoms with Gasteiger partial charge < -0.3 is 15.6 Å². The number of aromatic nitrogens is 1. The van der Waals surface area contributed by atoms with E-state index in [1.807, 2.05) is 20.8 Å². The van der Waals surface area contributed by atoms with Crippen LogP contribution in [-0.4, -0.2) is 15.7 Å². The minimum atomic E-state index is -1.00. The number of nitrogens with two attached hydrogens (primary N) is 1. The third kappa shape index (κ3) is 3.32. The lowest BCUT2D eigenvalue weighted by Crippen LogP contribution is -2.22. The van der Waals surface area contributed by atoms with E-state index in [1.54, 1.807) is 12.1 Å². The first-order chi connectivity index (χ1) is 6.38. The number of hydrogen-bond acceptors (Lipinski definition) is 4. The molecule has 0 bridgehead atoms. The highest BCUT2D eigenvalue weighted by Gasteiger charge is 2.18. The summed E-state index contributed by atoms with van der Waals surface area (Å²) in [6.45, 7) is 5.61. The predicted molar refractivity (Wildman–Crippen MR) is 54.4 cm³/mol. The molecule has 0 saturated heterocycles. The second kappa shape index (κ2) is 3.94. The maximum Gasteiger partial charge on any atom is 0.199 e. The minimum Gasteiger partial charge on any atom is -0.397 e. The molecule has 14 heavy (non-hydrogen) atoms. The van der Waals surface area contributed by atoms with Crippen molar-refractivity contribution in [2.75, 3.05) is 5.73 Å². The molecule has 0 amide bonds. The van der Waals surface area contributed by atoms with E-state index in [-0.39, 0.29) is 0 Å². The Labute approximate surface area is 83.7 Å². The predicted octanol–water partition coefficient (Wildman–Crippen LogP) is 1.47. The summed E-state index contributed by atoms with van der Waals surface area (Å²) in [4.78, 5) is 3.96. The molecule has 0 aliphatic heterocycles. The summed E-state index contributed by atoms with van der Waals surface area (Å²) in [6, 6.07) is 3.32. The Morgan fingerprint density at radius 1 is 1.43 bits per heavy atom. The van der Waals surface area contributed by atoms with E-state index in [9.17, 15) is 5.11 Å². The van der Waals surface area contributed by atoms with Gasteiger partial charge in [-0.3, -0.25) is 4.98 Å². The Balaban J connectivity index is 2.70. The third-order valence-electron chi connectivity index (χ3n) is 1.53. The molecule has 3 N–H and O–H groups in total. The molecule has 1 aromatic heterocycles.